The van der Waals surface area contributed by atoms with Crippen LogP contribution in [-0.4, -0.2) is 36.0 Å². The standard InChI is InChI=1S/C22H23FN4O/c1-24-22(27-13-11-16-4-2-3-5-18(16)14-27)25-12-10-20-15-28-21(26-20)17-6-8-19(23)9-7-17/h2-9,15H,10-14H2,1H3,(H,24,25). The van der Waals surface area contributed by atoms with Gasteiger partial charge in [-0.05, 0) is 41.8 Å². The zero-order valence-electron chi connectivity index (χ0n) is 15.9. The summed E-state index contributed by atoms with van der Waals surface area (Å²) in [6, 6.07) is 14.7. The Hall–Kier alpha value is -3.15. The van der Waals surface area contributed by atoms with E-state index >= 15 is 0 Å². The van der Waals surface area contributed by atoms with Gasteiger partial charge in [0.2, 0.25) is 5.89 Å². The van der Waals surface area contributed by atoms with Crippen molar-refractivity contribution in [2.24, 2.45) is 4.99 Å². The fraction of sp³-hybridized carbons (Fsp3) is 0.273. The molecule has 0 aliphatic carbocycles. The molecule has 5 nitrogen and oxygen atoms in total. The number of hydrogen-bond donors (Lipinski definition) is 1. The molecule has 2 heterocycles. The van der Waals surface area contributed by atoms with Crippen molar-refractivity contribution >= 4 is 5.96 Å². The molecule has 2 aromatic carbocycles. The topological polar surface area (TPSA) is 53.7 Å². The number of nitrogens with one attached hydrogen (secondary N) is 1. The molecule has 0 saturated carbocycles. The van der Waals surface area contributed by atoms with Crippen molar-refractivity contribution in [2.75, 3.05) is 20.1 Å². The van der Waals surface area contributed by atoms with Gasteiger partial charge in [-0.15, -0.1) is 0 Å². The van der Waals surface area contributed by atoms with E-state index in [1.165, 1.54) is 23.3 Å². The van der Waals surface area contributed by atoms with Crippen LogP contribution < -0.4 is 5.32 Å². The lowest BCUT2D eigenvalue weighted by Crippen LogP contribution is -2.44. The van der Waals surface area contributed by atoms with E-state index in [1.54, 1.807) is 18.4 Å². The Bertz CT molecular complexity index is 965. The third-order valence-electron chi connectivity index (χ3n) is 4.95. The Morgan fingerprint density at radius 2 is 1.96 bits per heavy atom. The number of rotatable bonds is 4. The molecule has 0 bridgehead atoms. The summed E-state index contributed by atoms with van der Waals surface area (Å²) in [6.07, 6.45) is 3.40. The summed E-state index contributed by atoms with van der Waals surface area (Å²) in [5, 5.41) is 3.42. The number of fused-ring (bicyclic) bond motifs is 1. The molecule has 3 aromatic rings. The SMILES string of the molecule is CN=C(NCCc1coc(-c2ccc(F)cc2)n1)N1CCc2ccccc2C1. The van der Waals surface area contributed by atoms with E-state index in [1.807, 2.05) is 7.05 Å². The van der Waals surface area contributed by atoms with Crippen LogP contribution in [0.1, 0.15) is 16.8 Å². The van der Waals surface area contributed by atoms with Gasteiger partial charge < -0.3 is 14.6 Å². The van der Waals surface area contributed by atoms with E-state index in [0.29, 0.717) is 18.9 Å². The molecule has 0 saturated heterocycles. The lowest BCUT2D eigenvalue weighted by molar-refractivity contribution is 0.379. The number of benzene rings is 2. The van der Waals surface area contributed by atoms with Crippen molar-refractivity contribution in [3.63, 3.8) is 0 Å². The van der Waals surface area contributed by atoms with Crippen LogP contribution >= 0.6 is 0 Å². The molecular formula is C22H23FN4O. The Kier molecular flexibility index (Phi) is 5.37. The Balaban J connectivity index is 1.33. The van der Waals surface area contributed by atoms with E-state index < -0.39 is 0 Å². The Morgan fingerprint density at radius 3 is 2.75 bits per heavy atom. The van der Waals surface area contributed by atoms with Gasteiger partial charge in [0.15, 0.2) is 5.96 Å². The van der Waals surface area contributed by atoms with Gasteiger partial charge in [-0.25, -0.2) is 9.37 Å². The minimum absolute atomic E-state index is 0.272. The van der Waals surface area contributed by atoms with Crippen LogP contribution in [0.5, 0.6) is 0 Å². The zero-order valence-corrected chi connectivity index (χ0v) is 15.9. The van der Waals surface area contributed by atoms with E-state index in [9.17, 15) is 4.39 Å². The molecule has 1 N–H and O–H groups in total. The molecule has 144 valence electrons. The molecule has 0 radical (unpaired) electrons. The van der Waals surface area contributed by atoms with Crippen LogP contribution in [0.2, 0.25) is 0 Å². The molecule has 0 amide bonds. The van der Waals surface area contributed by atoms with Gasteiger partial charge in [-0.1, -0.05) is 24.3 Å². The molecule has 0 fully saturated rings. The van der Waals surface area contributed by atoms with Crippen molar-refractivity contribution in [1.29, 1.82) is 0 Å². The van der Waals surface area contributed by atoms with E-state index in [4.69, 9.17) is 4.42 Å². The smallest absolute Gasteiger partial charge is 0.226 e. The second-order valence-corrected chi connectivity index (χ2v) is 6.82. The number of nitrogens with zero attached hydrogens (tertiary/aromatic N) is 3. The third kappa shape index (κ3) is 4.06. The van der Waals surface area contributed by atoms with Crippen molar-refractivity contribution in [2.45, 2.75) is 19.4 Å². The number of halogens is 1. The van der Waals surface area contributed by atoms with E-state index in [-0.39, 0.29) is 5.82 Å². The molecule has 6 heteroatoms. The monoisotopic (exact) mass is 378 g/mol. The first-order valence-corrected chi connectivity index (χ1v) is 9.45. The first-order chi connectivity index (χ1) is 13.7. The average molecular weight is 378 g/mol. The maximum atomic E-state index is 13.0. The summed E-state index contributed by atoms with van der Waals surface area (Å²) in [4.78, 5) is 11.2. The van der Waals surface area contributed by atoms with Crippen LogP contribution in [0.4, 0.5) is 4.39 Å². The molecule has 0 unspecified atom stereocenters. The van der Waals surface area contributed by atoms with Crippen molar-refractivity contribution in [1.82, 2.24) is 15.2 Å². The van der Waals surface area contributed by atoms with Gasteiger partial charge in [0, 0.05) is 38.7 Å². The number of aromatic nitrogens is 1. The zero-order chi connectivity index (χ0) is 19.3. The number of aliphatic imine (C=N–C) groups is 1. The summed E-state index contributed by atoms with van der Waals surface area (Å²) in [5.74, 6) is 1.13. The second-order valence-electron chi connectivity index (χ2n) is 6.82. The fourth-order valence-corrected chi connectivity index (χ4v) is 3.46. The summed E-state index contributed by atoms with van der Waals surface area (Å²) < 4.78 is 18.6. The van der Waals surface area contributed by atoms with E-state index in [0.717, 1.165) is 36.7 Å². The molecule has 1 aromatic heterocycles. The molecular weight excluding hydrogens is 355 g/mol. The minimum Gasteiger partial charge on any atom is -0.444 e. The molecule has 1 aliphatic rings. The van der Waals surface area contributed by atoms with Crippen LogP contribution in [0.15, 0.2) is 64.2 Å². The number of guanidine groups is 1. The predicted octanol–water partition coefficient (Wildman–Crippen LogP) is 3.66. The van der Waals surface area contributed by atoms with E-state index in [2.05, 4.69) is 44.5 Å². The van der Waals surface area contributed by atoms with Crippen molar-refractivity contribution in [3.05, 3.63) is 77.4 Å². The largest absolute Gasteiger partial charge is 0.444 e. The fourth-order valence-electron chi connectivity index (χ4n) is 3.46. The number of hydrogen-bond acceptors (Lipinski definition) is 3. The molecule has 4 rings (SSSR count). The van der Waals surface area contributed by atoms with Gasteiger partial charge in [-0.2, -0.15) is 0 Å². The maximum Gasteiger partial charge on any atom is 0.226 e. The normalized spacial score (nSPS) is 14.1. The summed E-state index contributed by atoms with van der Waals surface area (Å²) in [6.45, 7) is 2.53. The first kappa shape index (κ1) is 18.2. The molecule has 0 atom stereocenters. The van der Waals surface area contributed by atoms with Crippen molar-refractivity contribution in [3.8, 4) is 11.5 Å². The number of oxazole rings is 1. The highest BCUT2D eigenvalue weighted by molar-refractivity contribution is 5.80. The van der Waals surface area contributed by atoms with Crippen LogP contribution in [-0.2, 0) is 19.4 Å². The maximum absolute atomic E-state index is 13.0. The lowest BCUT2D eigenvalue weighted by atomic mass is 10.0. The summed E-state index contributed by atoms with van der Waals surface area (Å²) in [7, 11) is 1.81. The third-order valence-corrected chi connectivity index (χ3v) is 4.95. The lowest BCUT2D eigenvalue weighted by Gasteiger charge is -2.31. The predicted molar refractivity (Wildman–Crippen MR) is 108 cm³/mol. The Labute approximate surface area is 163 Å². The van der Waals surface area contributed by atoms with Crippen LogP contribution in [0.3, 0.4) is 0 Å². The highest BCUT2D eigenvalue weighted by atomic mass is 19.1. The second kappa shape index (κ2) is 8.25. The average Bonchev–Trinajstić information content (AvgIpc) is 3.20. The highest BCUT2D eigenvalue weighted by Crippen LogP contribution is 2.20. The van der Waals surface area contributed by atoms with Gasteiger partial charge in [0.25, 0.3) is 0 Å². The Morgan fingerprint density at radius 1 is 1.18 bits per heavy atom. The highest BCUT2D eigenvalue weighted by Gasteiger charge is 2.18. The quantitative estimate of drug-likeness (QED) is 0.556. The molecule has 28 heavy (non-hydrogen) atoms. The minimum atomic E-state index is -0.272. The van der Waals surface area contributed by atoms with Crippen LogP contribution in [0.25, 0.3) is 11.5 Å². The molecule has 1 aliphatic heterocycles. The van der Waals surface area contributed by atoms with Gasteiger partial charge in [-0.3, -0.25) is 4.99 Å². The van der Waals surface area contributed by atoms with Crippen LogP contribution in [0, 0.1) is 5.82 Å². The molecule has 0 spiro atoms. The first-order valence-electron chi connectivity index (χ1n) is 9.45. The van der Waals surface area contributed by atoms with Crippen molar-refractivity contribution < 1.29 is 8.81 Å². The van der Waals surface area contributed by atoms with Gasteiger partial charge >= 0.3 is 0 Å². The van der Waals surface area contributed by atoms with Gasteiger partial charge in [0.1, 0.15) is 12.1 Å². The summed E-state index contributed by atoms with van der Waals surface area (Å²) >= 11 is 0. The summed E-state index contributed by atoms with van der Waals surface area (Å²) in [5.41, 5.74) is 4.40. The van der Waals surface area contributed by atoms with Gasteiger partial charge in [0.05, 0.1) is 5.69 Å².